The SMILES string of the molecule is CC12CC=C3C=C4CCC(=O)C[C@]45CC[C@]3(O5)[C@@H]1CC=C2c1ccc2cnncc2c1. The van der Waals surface area contributed by atoms with E-state index in [0.717, 1.165) is 42.9 Å². The minimum atomic E-state index is -0.324. The van der Waals surface area contributed by atoms with E-state index >= 15 is 0 Å². The van der Waals surface area contributed by atoms with Gasteiger partial charge in [-0.25, -0.2) is 0 Å². The average molecular weight is 411 g/mol. The summed E-state index contributed by atoms with van der Waals surface area (Å²) in [7, 11) is 0. The number of ether oxygens (including phenoxy) is 1. The molecule has 1 aromatic heterocycles. The molecular weight excluding hydrogens is 384 g/mol. The summed E-state index contributed by atoms with van der Waals surface area (Å²) in [5, 5.41) is 10.3. The van der Waals surface area contributed by atoms with Gasteiger partial charge < -0.3 is 4.74 Å². The van der Waals surface area contributed by atoms with Gasteiger partial charge in [-0.05, 0) is 60.5 Å². The molecule has 4 atom stereocenters. The predicted molar refractivity (Wildman–Crippen MR) is 119 cm³/mol. The first-order valence-electron chi connectivity index (χ1n) is 11.6. The minimum absolute atomic E-state index is 0.0349. The Morgan fingerprint density at radius 3 is 2.84 bits per heavy atom. The molecule has 5 aliphatic rings. The fourth-order valence-corrected chi connectivity index (χ4v) is 7.41. The van der Waals surface area contributed by atoms with Crippen LogP contribution in [-0.4, -0.2) is 27.2 Å². The van der Waals surface area contributed by atoms with Gasteiger partial charge in [0.1, 0.15) is 5.78 Å². The van der Waals surface area contributed by atoms with E-state index in [1.165, 1.54) is 22.3 Å². The number of ketones is 1. The summed E-state index contributed by atoms with van der Waals surface area (Å²) >= 11 is 0. The van der Waals surface area contributed by atoms with Crippen LogP contribution in [0.25, 0.3) is 16.3 Å². The Bertz CT molecular complexity index is 1260. The van der Waals surface area contributed by atoms with Crippen LogP contribution in [0.3, 0.4) is 0 Å². The molecule has 4 heteroatoms. The normalized spacial score (nSPS) is 38.2. The maximum Gasteiger partial charge on any atom is 0.136 e. The summed E-state index contributed by atoms with van der Waals surface area (Å²) < 4.78 is 7.08. The number of hydrogen-bond donors (Lipinski definition) is 0. The third-order valence-electron chi connectivity index (χ3n) is 8.95. The molecule has 0 N–H and O–H groups in total. The first-order chi connectivity index (χ1) is 15.0. The third-order valence-corrected chi connectivity index (χ3v) is 8.95. The number of Topliss-reactive ketones (excluding diaryl/α,β-unsaturated/α-hetero) is 1. The molecule has 1 saturated heterocycles. The van der Waals surface area contributed by atoms with E-state index in [1.807, 2.05) is 12.4 Å². The van der Waals surface area contributed by atoms with Crippen LogP contribution in [0.4, 0.5) is 0 Å². The van der Waals surface area contributed by atoms with Gasteiger partial charge in [-0.1, -0.05) is 37.3 Å². The predicted octanol–water partition coefficient (Wildman–Crippen LogP) is 5.35. The van der Waals surface area contributed by atoms with Crippen LogP contribution in [0, 0.1) is 11.3 Å². The second kappa shape index (κ2) is 5.80. The smallest absolute Gasteiger partial charge is 0.136 e. The van der Waals surface area contributed by atoms with E-state index in [4.69, 9.17) is 4.74 Å². The fraction of sp³-hybridized carbons (Fsp3) is 0.444. The Balaban J connectivity index is 1.32. The lowest BCUT2D eigenvalue weighted by molar-refractivity contribution is -0.143. The summed E-state index contributed by atoms with van der Waals surface area (Å²) in [6.07, 6.45) is 17.2. The van der Waals surface area contributed by atoms with E-state index in [9.17, 15) is 4.79 Å². The Kier molecular flexibility index (Phi) is 3.37. The number of rotatable bonds is 1. The molecule has 3 aliphatic carbocycles. The van der Waals surface area contributed by atoms with Crippen LogP contribution in [0.15, 0.2) is 60.0 Å². The number of aromatic nitrogens is 2. The van der Waals surface area contributed by atoms with Gasteiger partial charge in [0.25, 0.3) is 0 Å². The lowest BCUT2D eigenvalue weighted by Gasteiger charge is -2.53. The number of hydrogen-bond acceptors (Lipinski definition) is 4. The highest BCUT2D eigenvalue weighted by molar-refractivity contribution is 5.87. The molecule has 156 valence electrons. The topological polar surface area (TPSA) is 52.1 Å². The number of carbonyl (C=O) groups excluding carboxylic acids is 1. The first kappa shape index (κ1) is 18.0. The molecule has 31 heavy (non-hydrogen) atoms. The molecule has 1 unspecified atom stereocenters. The molecule has 1 saturated carbocycles. The highest BCUT2D eigenvalue weighted by Crippen LogP contribution is 2.67. The third kappa shape index (κ3) is 2.21. The van der Waals surface area contributed by atoms with Gasteiger partial charge in [0, 0.05) is 34.9 Å². The van der Waals surface area contributed by atoms with E-state index in [0.29, 0.717) is 24.5 Å². The van der Waals surface area contributed by atoms with Crippen LogP contribution in [-0.2, 0) is 9.53 Å². The van der Waals surface area contributed by atoms with Crippen LogP contribution in [0.5, 0.6) is 0 Å². The Morgan fingerprint density at radius 1 is 1.06 bits per heavy atom. The van der Waals surface area contributed by atoms with Gasteiger partial charge in [-0.15, -0.1) is 0 Å². The van der Waals surface area contributed by atoms with Crippen molar-refractivity contribution in [3.8, 4) is 0 Å². The van der Waals surface area contributed by atoms with Crippen LogP contribution in [0.1, 0.15) is 57.4 Å². The lowest BCUT2D eigenvalue weighted by Crippen LogP contribution is -2.53. The lowest BCUT2D eigenvalue weighted by atomic mass is 9.58. The standard InChI is InChI=1S/C27H26N2O2/c1-25-9-8-21-13-20-4-5-22(30)14-26(20)10-11-27(21,31-26)24(25)7-6-23(25)17-2-3-18-15-28-29-16-19(18)12-17/h2-3,6,8,12-13,15-16,24H,4-5,7,9-11,14H2,1H3/t24-,25?,26-,27-/m1/s1. The van der Waals surface area contributed by atoms with Gasteiger partial charge in [0.2, 0.25) is 0 Å². The molecular formula is C27H26N2O2. The van der Waals surface area contributed by atoms with Gasteiger partial charge in [0.05, 0.1) is 23.6 Å². The highest BCUT2D eigenvalue weighted by Gasteiger charge is 2.65. The van der Waals surface area contributed by atoms with Crippen molar-refractivity contribution in [2.75, 3.05) is 0 Å². The number of benzene rings is 1. The fourth-order valence-electron chi connectivity index (χ4n) is 7.41. The number of nitrogens with zero attached hydrogens (tertiary/aromatic N) is 2. The van der Waals surface area contributed by atoms with Gasteiger partial charge in [-0.2, -0.15) is 10.2 Å². The van der Waals surface area contributed by atoms with Crippen molar-refractivity contribution < 1.29 is 9.53 Å². The zero-order valence-corrected chi connectivity index (χ0v) is 17.9. The summed E-state index contributed by atoms with van der Waals surface area (Å²) in [6.45, 7) is 2.42. The molecule has 0 amide bonds. The number of fused-ring (bicyclic) bond motifs is 2. The maximum atomic E-state index is 12.4. The minimum Gasteiger partial charge on any atom is -0.359 e. The van der Waals surface area contributed by atoms with E-state index < -0.39 is 0 Å². The van der Waals surface area contributed by atoms with Crippen molar-refractivity contribution in [2.24, 2.45) is 11.3 Å². The molecule has 1 aromatic carbocycles. The van der Waals surface area contributed by atoms with Gasteiger partial charge in [-0.3, -0.25) is 4.79 Å². The molecule has 7 rings (SSSR count). The number of allylic oxidation sites excluding steroid dienone is 3. The number of carbonyl (C=O) groups is 1. The van der Waals surface area contributed by atoms with Crippen LogP contribution < -0.4 is 0 Å². The largest absolute Gasteiger partial charge is 0.359 e. The Hall–Kier alpha value is -2.59. The molecule has 2 aliphatic heterocycles. The highest BCUT2D eigenvalue weighted by atomic mass is 16.5. The van der Waals surface area contributed by atoms with Crippen LogP contribution in [0.2, 0.25) is 0 Å². The second-order valence-corrected chi connectivity index (χ2v) is 10.4. The average Bonchev–Trinajstić information content (AvgIpc) is 3.28. The Morgan fingerprint density at radius 2 is 1.94 bits per heavy atom. The van der Waals surface area contributed by atoms with E-state index in [-0.39, 0.29) is 16.6 Å². The molecule has 0 radical (unpaired) electrons. The molecule has 2 fully saturated rings. The van der Waals surface area contributed by atoms with Crippen molar-refractivity contribution in [1.29, 1.82) is 0 Å². The van der Waals surface area contributed by atoms with Gasteiger partial charge in [0.15, 0.2) is 0 Å². The summed E-state index contributed by atoms with van der Waals surface area (Å²) in [4.78, 5) is 12.4. The molecule has 2 spiro atoms. The summed E-state index contributed by atoms with van der Waals surface area (Å²) in [6, 6.07) is 6.65. The zero-order chi connectivity index (χ0) is 20.8. The Labute approximate surface area is 182 Å². The van der Waals surface area contributed by atoms with Crippen molar-refractivity contribution in [1.82, 2.24) is 10.2 Å². The van der Waals surface area contributed by atoms with Crippen molar-refractivity contribution >= 4 is 22.1 Å². The first-order valence-corrected chi connectivity index (χ1v) is 11.6. The molecule has 3 heterocycles. The zero-order valence-electron chi connectivity index (χ0n) is 17.9. The van der Waals surface area contributed by atoms with Crippen molar-refractivity contribution in [2.45, 2.75) is 63.1 Å². The monoisotopic (exact) mass is 410 g/mol. The molecule has 2 aromatic rings. The van der Waals surface area contributed by atoms with Gasteiger partial charge >= 0.3 is 0 Å². The quantitative estimate of drug-likeness (QED) is 0.636. The molecule has 4 nitrogen and oxygen atoms in total. The van der Waals surface area contributed by atoms with Crippen LogP contribution >= 0.6 is 0 Å². The summed E-state index contributed by atoms with van der Waals surface area (Å²) in [5.41, 5.74) is 4.94. The summed E-state index contributed by atoms with van der Waals surface area (Å²) in [5.74, 6) is 0.778. The van der Waals surface area contributed by atoms with Crippen molar-refractivity contribution in [3.63, 3.8) is 0 Å². The maximum absolute atomic E-state index is 12.4. The molecule has 2 bridgehead atoms. The van der Waals surface area contributed by atoms with Crippen molar-refractivity contribution in [3.05, 3.63) is 65.5 Å². The van der Waals surface area contributed by atoms with E-state index in [1.54, 1.807) is 0 Å². The second-order valence-electron chi connectivity index (χ2n) is 10.4. The van der Waals surface area contributed by atoms with E-state index in [2.05, 4.69) is 53.5 Å².